The molecule has 1 unspecified atom stereocenters. The van der Waals surface area contributed by atoms with Crippen LogP contribution in [0.1, 0.15) is 63.3 Å². The summed E-state index contributed by atoms with van der Waals surface area (Å²) in [6, 6.07) is 28.9. The van der Waals surface area contributed by atoms with Gasteiger partial charge in [-0.25, -0.2) is 0 Å². The van der Waals surface area contributed by atoms with E-state index in [-0.39, 0.29) is 24.5 Å². The van der Waals surface area contributed by atoms with Crippen LogP contribution < -0.4 is 4.74 Å². The number of benzene rings is 3. The molecule has 2 amide bonds. The van der Waals surface area contributed by atoms with Crippen molar-refractivity contribution < 1.29 is 18.7 Å². The van der Waals surface area contributed by atoms with Gasteiger partial charge in [0.05, 0.1) is 6.04 Å². The second-order valence-corrected chi connectivity index (χ2v) is 9.32. The van der Waals surface area contributed by atoms with E-state index < -0.39 is 0 Å². The molecule has 6 nitrogen and oxygen atoms in total. The van der Waals surface area contributed by atoms with E-state index in [1.807, 2.05) is 79.4 Å². The SMILES string of the molecule is CCN(CC)C(=O)c1ccc(COc2ccc3c(c2)C(c2ccccc2)N(C(=O)c2ccccc2)CC3)o1. The summed E-state index contributed by atoms with van der Waals surface area (Å²) in [6.07, 6.45) is 0.770. The summed E-state index contributed by atoms with van der Waals surface area (Å²) in [6.45, 7) is 5.99. The van der Waals surface area contributed by atoms with Gasteiger partial charge in [0.15, 0.2) is 5.76 Å². The van der Waals surface area contributed by atoms with Gasteiger partial charge < -0.3 is 19.0 Å². The number of ether oxygens (including phenoxy) is 1. The van der Waals surface area contributed by atoms with E-state index in [4.69, 9.17) is 9.15 Å². The Bertz CT molecular complexity index is 1390. The van der Waals surface area contributed by atoms with Crippen LogP contribution in [0.25, 0.3) is 0 Å². The topological polar surface area (TPSA) is 63.0 Å². The molecule has 194 valence electrons. The van der Waals surface area contributed by atoms with Crippen molar-refractivity contribution >= 4 is 11.8 Å². The number of hydrogen-bond donors (Lipinski definition) is 0. The molecule has 2 heterocycles. The van der Waals surface area contributed by atoms with Crippen LogP contribution in [0.5, 0.6) is 5.75 Å². The Hall–Kier alpha value is -4.32. The summed E-state index contributed by atoms with van der Waals surface area (Å²) >= 11 is 0. The van der Waals surface area contributed by atoms with Gasteiger partial charge in [-0.15, -0.1) is 0 Å². The summed E-state index contributed by atoms with van der Waals surface area (Å²) in [5, 5.41) is 0. The zero-order valence-electron chi connectivity index (χ0n) is 21.8. The van der Waals surface area contributed by atoms with Crippen LogP contribution in [0.15, 0.2) is 95.4 Å². The molecule has 1 aromatic heterocycles. The van der Waals surface area contributed by atoms with Crippen molar-refractivity contribution in [2.75, 3.05) is 19.6 Å². The van der Waals surface area contributed by atoms with Crippen molar-refractivity contribution in [1.29, 1.82) is 0 Å². The predicted molar refractivity (Wildman–Crippen MR) is 146 cm³/mol. The number of carbonyl (C=O) groups is 2. The normalized spacial score (nSPS) is 14.6. The van der Waals surface area contributed by atoms with Gasteiger partial charge in [-0.3, -0.25) is 9.59 Å². The van der Waals surface area contributed by atoms with Gasteiger partial charge >= 0.3 is 0 Å². The molecule has 0 saturated carbocycles. The number of hydrogen-bond acceptors (Lipinski definition) is 4. The van der Waals surface area contributed by atoms with Crippen LogP contribution in [0.2, 0.25) is 0 Å². The van der Waals surface area contributed by atoms with Gasteiger partial charge in [0.1, 0.15) is 18.1 Å². The highest BCUT2D eigenvalue weighted by molar-refractivity contribution is 5.95. The highest BCUT2D eigenvalue weighted by Crippen LogP contribution is 2.38. The lowest BCUT2D eigenvalue weighted by Crippen LogP contribution is -2.40. The van der Waals surface area contributed by atoms with Crippen molar-refractivity contribution in [3.63, 3.8) is 0 Å². The fourth-order valence-electron chi connectivity index (χ4n) is 5.03. The minimum absolute atomic E-state index is 0.0115. The Kier molecular flexibility index (Phi) is 7.59. The lowest BCUT2D eigenvalue weighted by atomic mass is 9.87. The van der Waals surface area contributed by atoms with E-state index in [1.54, 1.807) is 17.0 Å². The third kappa shape index (κ3) is 5.21. The van der Waals surface area contributed by atoms with Gasteiger partial charge in [0.25, 0.3) is 11.8 Å². The van der Waals surface area contributed by atoms with E-state index in [2.05, 4.69) is 18.2 Å². The molecule has 6 heteroatoms. The molecule has 1 aliphatic rings. The Balaban J connectivity index is 1.40. The van der Waals surface area contributed by atoms with E-state index in [0.717, 1.165) is 17.5 Å². The molecule has 1 atom stereocenters. The number of fused-ring (bicyclic) bond motifs is 1. The number of amides is 2. The average Bonchev–Trinajstić information content (AvgIpc) is 3.45. The van der Waals surface area contributed by atoms with Crippen LogP contribution in [-0.2, 0) is 13.0 Å². The molecule has 0 aliphatic carbocycles. The molecular weight excluding hydrogens is 476 g/mol. The van der Waals surface area contributed by atoms with Crippen molar-refractivity contribution in [2.24, 2.45) is 0 Å². The van der Waals surface area contributed by atoms with Gasteiger partial charge in [0, 0.05) is 25.2 Å². The van der Waals surface area contributed by atoms with E-state index in [0.29, 0.717) is 42.5 Å². The summed E-state index contributed by atoms with van der Waals surface area (Å²) < 4.78 is 11.9. The Morgan fingerprint density at radius 3 is 2.34 bits per heavy atom. The van der Waals surface area contributed by atoms with Gasteiger partial charge in [-0.2, -0.15) is 0 Å². The fourth-order valence-corrected chi connectivity index (χ4v) is 5.03. The maximum Gasteiger partial charge on any atom is 0.289 e. The molecular formula is C32H32N2O4. The van der Waals surface area contributed by atoms with Crippen LogP contribution in [0.4, 0.5) is 0 Å². The number of rotatable bonds is 8. The van der Waals surface area contributed by atoms with Crippen molar-refractivity contribution in [3.05, 3.63) is 125 Å². The zero-order chi connectivity index (χ0) is 26.5. The maximum absolute atomic E-state index is 13.6. The van der Waals surface area contributed by atoms with Crippen LogP contribution >= 0.6 is 0 Å². The number of nitrogens with zero attached hydrogens (tertiary/aromatic N) is 2. The van der Waals surface area contributed by atoms with E-state index >= 15 is 0 Å². The van der Waals surface area contributed by atoms with E-state index in [9.17, 15) is 9.59 Å². The molecule has 0 saturated heterocycles. The minimum Gasteiger partial charge on any atom is -0.486 e. The first-order valence-corrected chi connectivity index (χ1v) is 13.1. The molecule has 0 radical (unpaired) electrons. The highest BCUT2D eigenvalue weighted by atomic mass is 16.5. The van der Waals surface area contributed by atoms with Gasteiger partial charge in [0.2, 0.25) is 0 Å². The van der Waals surface area contributed by atoms with Crippen LogP contribution in [0.3, 0.4) is 0 Å². The monoisotopic (exact) mass is 508 g/mol. The Morgan fingerprint density at radius 1 is 0.921 bits per heavy atom. The minimum atomic E-state index is -0.224. The average molecular weight is 509 g/mol. The third-order valence-electron chi connectivity index (χ3n) is 7.05. The molecule has 38 heavy (non-hydrogen) atoms. The lowest BCUT2D eigenvalue weighted by molar-refractivity contribution is 0.0692. The molecule has 1 aliphatic heterocycles. The second kappa shape index (κ2) is 11.4. The summed E-state index contributed by atoms with van der Waals surface area (Å²) in [7, 11) is 0. The molecule has 5 rings (SSSR count). The second-order valence-electron chi connectivity index (χ2n) is 9.32. The smallest absolute Gasteiger partial charge is 0.289 e. The molecule has 0 bridgehead atoms. The fraction of sp³-hybridized carbons (Fsp3) is 0.250. The first kappa shape index (κ1) is 25.3. The lowest BCUT2D eigenvalue weighted by Gasteiger charge is -2.38. The van der Waals surface area contributed by atoms with E-state index in [1.165, 1.54) is 5.56 Å². The summed E-state index contributed by atoms with van der Waals surface area (Å²) in [4.78, 5) is 29.8. The van der Waals surface area contributed by atoms with Crippen LogP contribution in [-0.4, -0.2) is 41.2 Å². The van der Waals surface area contributed by atoms with Crippen molar-refractivity contribution in [1.82, 2.24) is 9.80 Å². The largest absolute Gasteiger partial charge is 0.486 e. The van der Waals surface area contributed by atoms with Gasteiger partial charge in [-0.1, -0.05) is 54.6 Å². The Labute approximate surface area is 223 Å². The van der Waals surface area contributed by atoms with Crippen molar-refractivity contribution in [3.8, 4) is 5.75 Å². The zero-order valence-corrected chi connectivity index (χ0v) is 21.8. The predicted octanol–water partition coefficient (Wildman–Crippen LogP) is 6.13. The first-order chi connectivity index (χ1) is 18.6. The number of furan rings is 1. The standard InChI is InChI=1S/C32H32N2O4/c1-3-33(4-2)32(36)29-18-17-27(38-29)22-37-26-16-15-23-19-20-34(31(35)25-13-9-6-10-14-25)30(28(23)21-26)24-11-7-5-8-12-24/h5-18,21,30H,3-4,19-20,22H2,1-2H3. The molecule has 0 N–H and O–H groups in total. The maximum atomic E-state index is 13.6. The summed E-state index contributed by atoms with van der Waals surface area (Å²) in [5.74, 6) is 1.48. The molecule has 3 aromatic carbocycles. The Morgan fingerprint density at radius 2 is 1.63 bits per heavy atom. The third-order valence-corrected chi connectivity index (χ3v) is 7.05. The van der Waals surface area contributed by atoms with Gasteiger partial charge in [-0.05, 0) is 73.4 Å². The van der Waals surface area contributed by atoms with Crippen molar-refractivity contribution in [2.45, 2.75) is 32.9 Å². The highest BCUT2D eigenvalue weighted by Gasteiger charge is 2.33. The quantitative estimate of drug-likeness (QED) is 0.287. The molecule has 4 aromatic rings. The molecule has 0 spiro atoms. The molecule has 0 fully saturated rings. The van der Waals surface area contributed by atoms with Crippen LogP contribution in [0, 0.1) is 0 Å². The number of carbonyl (C=O) groups excluding carboxylic acids is 2. The first-order valence-electron chi connectivity index (χ1n) is 13.1. The summed E-state index contributed by atoms with van der Waals surface area (Å²) in [5.41, 5.74) is 3.99.